The van der Waals surface area contributed by atoms with Crippen LogP contribution < -0.4 is 0 Å². The predicted molar refractivity (Wildman–Crippen MR) is 95.4 cm³/mol. The lowest BCUT2D eigenvalue weighted by Gasteiger charge is -2.28. The van der Waals surface area contributed by atoms with Crippen molar-refractivity contribution in [1.29, 1.82) is 0 Å². The molecule has 5 nitrogen and oxygen atoms in total. The van der Waals surface area contributed by atoms with E-state index in [1.54, 1.807) is 19.1 Å². The van der Waals surface area contributed by atoms with Gasteiger partial charge < -0.3 is 9.84 Å². The average Bonchev–Trinajstić information content (AvgIpc) is 2.59. The maximum atomic E-state index is 13.7. The number of carbonyl (C=O) groups is 2. The molecular weight excluding hydrogens is 361 g/mol. The van der Waals surface area contributed by atoms with E-state index in [4.69, 9.17) is 16.3 Å². The Kier molecular flexibility index (Phi) is 6.97. The zero-order valence-electron chi connectivity index (χ0n) is 14.2. The fourth-order valence-corrected chi connectivity index (χ4v) is 2.79. The van der Waals surface area contributed by atoms with E-state index >= 15 is 0 Å². The summed E-state index contributed by atoms with van der Waals surface area (Å²) in [5, 5.41) is 9.68. The number of carboxylic acid groups (broad SMARTS) is 1. The highest BCUT2D eigenvalue weighted by Gasteiger charge is 2.32. The summed E-state index contributed by atoms with van der Waals surface area (Å²) in [5.74, 6) is -1.97. The number of halogens is 2. The fraction of sp³-hybridized carbons (Fsp3) is 0.263. The summed E-state index contributed by atoms with van der Waals surface area (Å²) < 4.78 is 18.9. The molecule has 0 aliphatic rings. The summed E-state index contributed by atoms with van der Waals surface area (Å²) in [6.07, 6.45) is -0.281. The number of carbonyl (C=O) groups excluding carboxylic acids is 1. The predicted octanol–water partition coefficient (Wildman–Crippen LogP) is 4.65. The second-order valence-electron chi connectivity index (χ2n) is 5.68. The molecule has 1 atom stereocenters. The van der Waals surface area contributed by atoms with Gasteiger partial charge in [-0.2, -0.15) is 0 Å². The molecule has 138 valence electrons. The van der Waals surface area contributed by atoms with Crippen LogP contribution in [0.5, 0.6) is 0 Å². The highest BCUT2D eigenvalue weighted by molar-refractivity contribution is 6.30. The second-order valence-corrected chi connectivity index (χ2v) is 6.11. The molecule has 0 saturated heterocycles. The molecule has 0 aliphatic heterocycles. The highest BCUT2D eigenvalue weighted by Crippen LogP contribution is 2.26. The summed E-state index contributed by atoms with van der Waals surface area (Å²) >= 11 is 5.83. The van der Waals surface area contributed by atoms with E-state index in [1.165, 1.54) is 6.07 Å². The molecule has 0 aromatic heterocycles. The van der Waals surface area contributed by atoms with Gasteiger partial charge in [0.15, 0.2) is 6.04 Å². The van der Waals surface area contributed by atoms with Crippen molar-refractivity contribution in [3.8, 4) is 0 Å². The van der Waals surface area contributed by atoms with Gasteiger partial charge in [-0.05, 0) is 35.7 Å². The van der Waals surface area contributed by atoms with Gasteiger partial charge in [-0.25, -0.2) is 14.0 Å². The van der Waals surface area contributed by atoms with Crippen LogP contribution in [0.25, 0.3) is 0 Å². The molecule has 1 unspecified atom stereocenters. The molecule has 2 aromatic carbocycles. The molecular formula is C19H19ClFNO4. The number of hydrogen-bond donors (Lipinski definition) is 1. The Morgan fingerprint density at radius 2 is 1.92 bits per heavy atom. The molecule has 7 heteroatoms. The van der Waals surface area contributed by atoms with Crippen LogP contribution in [0, 0.1) is 5.82 Å². The standard InChI is InChI=1S/C19H19ClFNO4/c1-2-8-22(19(25)26-12-13-6-4-3-5-7-13)17(18(23)24)14-9-15(20)11-16(21)10-14/h3-7,9-11,17H,2,8,12H2,1H3,(H,23,24). The van der Waals surface area contributed by atoms with Gasteiger partial charge in [0.1, 0.15) is 12.4 Å². The van der Waals surface area contributed by atoms with Gasteiger partial charge in [0.05, 0.1) is 0 Å². The minimum absolute atomic E-state index is 0.0101. The van der Waals surface area contributed by atoms with Crippen molar-refractivity contribution in [2.24, 2.45) is 0 Å². The molecule has 0 saturated carbocycles. The SMILES string of the molecule is CCCN(C(=O)OCc1ccccc1)C(C(=O)O)c1cc(F)cc(Cl)c1. The van der Waals surface area contributed by atoms with E-state index in [1.807, 2.05) is 18.2 Å². The maximum absolute atomic E-state index is 13.7. The number of hydrogen-bond acceptors (Lipinski definition) is 3. The van der Waals surface area contributed by atoms with E-state index in [9.17, 15) is 19.1 Å². The molecule has 0 radical (unpaired) electrons. The number of rotatable bonds is 7. The van der Waals surface area contributed by atoms with E-state index in [0.29, 0.717) is 6.42 Å². The van der Waals surface area contributed by atoms with Crippen LogP contribution in [-0.4, -0.2) is 28.6 Å². The molecule has 0 bridgehead atoms. The molecule has 1 N–H and O–H groups in total. The number of aliphatic carboxylic acids is 1. The minimum Gasteiger partial charge on any atom is -0.479 e. The van der Waals surface area contributed by atoms with Gasteiger partial charge in [0.2, 0.25) is 0 Å². The Hall–Kier alpha value is -2.60. The molecule has 0 spiro atoms. The third-order valence-electron chi connectivity index (χ3n) is 3.65. The lowest BCUT2D eigenvalue weighted by Crippen LogP contribution is -2.40. The Balaban J connectivity index is 2.25. The van der Waals surface area contributed by atoms with Gasteiger partial charge in [-0.15, -0.1) is 0 Å². The van der Waals surface area contributed by atoms with Gasteiger partial charge in [-0.1, -0.05) is 48.9 Å². The largest absolute Gasteiger partial charge is 0.479 e. The van der Waals surface area contributed by atoms with Gasteiger partial charge >= 0.3 is 12.1 Å². The lowest BCUT2D eigenvalue weighted by molar-refractivity contribution is -0.143. The van der Waals surface area contributed by atoms with E-state index in [-0.39, 0.29) is 23.7 Å². The number of ether oxygens (including phenoxy) is 1. The molecule has 1 amide bonds. The van der Waals surface area contributed by atoms with Gasteiger partial charge in [-0.3, -0.25) is 4.90 Å². The van der Waals surface area contributed by atoms with Gasteiger partial charge in [0.25, 0.3) is 0 Å². The number of benzene rings is 2. The number of amides is 1. The fourth-order valence-electron chi connectivity index (χ4n) is 2.56. The molecule has 0 heterocycles. The van der Waals surface area contributed by atoms with Crippen molar-refractivity contribution in [2.45, 2.75) is 26.0 Å². The Labute approximate surface area is 156 Å². The van der Waals surface area contributed by atoms with E-state index in [2.05, 4.69) is 0 Å². The molecule has 0 aliphatic carbocycles. The van der Waals surface area contributed by atoms with Crippen LogP contribution in [0.2, 0.25) is 5.02 Å². The maximum Gasteiger partial charge on any atom is 0.411 e. The monoisotopic (exact) mass is 379 g/mol. The smallest absolute Gasteiger partial charge is 0.411 e. The molecule has 26 heavy (non-hydrogen) atoms. The van der Waals surface area contributed by atoms with Crippen LogP contribution in [-0.2, 0) is 16.1 Å². The normalized spacial score (nSPS) is 11.7. The molecule has 2 rings (SSSR count). The summed E-state index contributed by atoms with van der Waals surface area (Å²) in [6.45, 7) is 1.95. The third kappa shape index (κ3) is 5.20. The number of carboxylic acids is 1. The number of nitrogens with zero attached hydrogens (tertiary/aromatic N) is 1. The summed E-state index contributed by atoms with van der Waals surface area (Å²) in [6, 6.07) is 11.1. The second kappa shape index (κ2) is 9.20. The highest BCUT2D eigenvalue weighted by atomic mass is 35.5. The van der Waals surface area contributed by atoms with E-state index in [0.717, 1.165) is 22.6 Å². The van der Waals surface area contributed by atoms with Crippen LogP contribution >= 0.6 is 11.6 Å². The molecule has 0 fully saturated rings. The van der Waals surface area contributed by atoms with Crippen molar-refractivity contribution >= 4 is 23.7 Å². The van der Waals surface area contributed by atoms with Crippen molar-refractivity contribution in [3.63, 3.8) is 0 Å². The average molecular weight is 380 g/mol. The summed E-state index contributed by atoms with van der Waals surface area (Å²) in [5.41, 5.74) is 0.852. The Morgan fingerprint density at radius 1 is 1.23 bits per heavy atom. The topological polar surface area (TPSA) is 66.8 Å². The van der Waals surface area contributed by atoms with Crippen molar-refractivity contribution in [1.82, 2.24) is 4.90 Å². The van der Waals surface area contributed by atoms with Crippen molar-refractivity contribution in [3.05, 3.63) is 70.5 Å². The quantitative estimate of drug-likeness (QED) is 0.760. The van der Waals surface area contributed by atoms with Gasteiger partial charge in [0, 0.05) is 11.6 Å². The van der Waals surface area contributed by atoms with Crippen LogP contribution in [0.15, 0.2) is 48.5 Å². The zero-order valence-corrected chi connectivity index (χ0v) is 14.9. The first kappa shape index (κ1) is 19.7. The minimum atomic E-state index is -1.40. The lowest BCUT2D eigenvalue weighted by atomic mass is 10.1. The Morgan fingerprint density at radius 3 is 2.50 bits per heavy atom. The summed E-state index contributed by atoms with van der Waals surface area (Å²) in [4.78, 5) is 25.4. The van der Waals surface area contributed by atoms with Crippen LogP contribution in [0.4, 0.5) is 9.18 Å². The first-order valence-corrected chi connectivity index (χ1v) is 8.46. The summed E-state index contributed by atoms with van der Waals surface area (Å²) in [7, 11) is 0. The third-order valence-corrected chi connectivity index (χ3v) is 3.87. The van der Waals surface area contributed by atoms with Crippen molar-refractivity contribution < 1.29 is 23.8 Å². The first-order chi connectivity index (χ1) is 12.4. The Bertz CT molecular complexity index is 749. The zero-order chi connectivity index (χ0) is 19.1. The molecule has 2 aromatic rings. The van der Waals surface area contributed by atoms with Crippen LogP contribution in [0.3, 0.4) is 0 Å². The first-order valence-electron chi connectivity index (χ1n) is 8.08. The van der Waals surface area contributed by atoms with E-state index < -0.39 is 23.9 Å². The van der Waals surface area contributed by atoms with Crippen molar-refractivity contribution in [2.75, 3.05) is 6.54 Å². The van der Waals surface area contributed by atoms with Crippen LogP contribution in [0.1, 0.15) is 30.5 Å².